The van der Waals surface area contributed by atoms with E-state index in [2.05, 4.69) is 27.6 Å². The summed E-state index contributed by atoms with van der Waals surface area (Å²) in [5, 5.41) is 3.33. The highest BCUT2D eigenvalue weighted by Gasteiger charge is 2.17. The van der Waals surface area contributed by atoms with Crippen LogP contribution in [0.25, 0.3) is 0 Å². The molecule has 1 fully saturated rings. The molecule has 1 aromatic heterocycles. The second-order valence-electron chi connectivity index (χ2n) is 5.25. The maximum atomic E-state index is 5.27. The average Bonchev–Trinajstić information content (AvgIpc) is 2.41. The molecule has 100 valence electrons. The maximum Gasteiger partial charge on any atom is 0.239 e. The SMILES string of the molecule is CC1CCC(CCNc2ccnc(NN)n2)CC1. The first-order valence-electron chi connectivity index (χ1n) is 6.81. The molecule has 2 rings (SSSR count). The molecule has 1 aromatic rings. The summed E-state index contributed by atoms with van der Waals surface area (Å²) >= 11 is 0. The Morgan fingerprint density at radius 2 is 2.11 bits per heavy atom. The summed E-state index contributed by atoms with van der Waals surface area (Å²) < 4.78 is 0. The summed E-state index contributed by atoms with van der Waals surface area (Å²) in [6.07, 6.45) is 8.46. The van der Waals surface area contributed by atoms with Gasteiger partial charge in [0.15, 0.2) is 0 Å². The van der Waals surface area contributed by atoms with E-state index >= 15 is 0 Å². The van der Waals surface area contributed by atoms with Gasteiger partial charge in [0.05, 0.1) is 0 Å². The number of nitrogen functional groups attached to an aromatic ring is 1. The molecule has 0 amide bonds. The number of hydrazine groups is 1. The molecule has 0 aliphatic heterocycles. The average molecular weight is 249 g/mol. The van der Waals surface area contributed by atoms with Crippen molar-refractivity contribution in [3.05, 3.63) is 12.3 Å². The van der Waals surface area contributed by atoms with Crippen molar-refractivity contribution in [1.29, 1.82) is 0 Å². The number of aromatic nitrogens is 2. The molecule has 1 saturated carbocycles. The second-order valence-corrected chi connectivity index (χ2v) is 5.25. The fourth-order valence-corrected chi connectivity index (χ4v) is 2.55. The lowest BCUT2D eigenvalue weighted by molar-refractivity contribution is 0.282. The Bertz CT molecular complexity index is 360. The Labute approximate surface area is 109 Å². The summed E-state index contributed by atoms with van der Waals surface area (Å²) in [6, 6.07) is 1.86. The van der Waals surface area contributed by atoms with E-state index in [9.17, 15) is 0 Å². The van der Waals surface area contributed by atoms with Crippen LogP contribution in [0.3, 0.4) is 0 Å². The van der Waals surface area contributed by atoms with Crippen LogP contribution < -0.4 is 16.6 Å². The van der Waals surface area contributed by atoms with Crippen LogP contribution in [0.15, 0.2) is 12.3 Å². The summed E-state index contributed by atoms with van der Waals surface area (Å²) in [4.78, 5) is 8.20. The Morgan fingerprint density at radius 1 is 1.33 bits per heavy atom. The van der Waals surface area contributed by atoms with E-state index in [4.69, 9.17) is 5.84 Å². The zero-order valence-electron chi connectivity index (χ0n) is 11.0. The molecule has 5 nitrogen and oxygen atoms in total. The van der Waals surface area contributed by atoms with E-state index in [1.54, 1.807) is 6.20 Å². The van der Waals surface area contributed by atoms with Gasteiger partial charge in [-0.1, -0.05) is 32.6 Å². The quantitative estimate of drug-likeness (QED) is 0.552. The summed E-state index contributed by atoms with van der Waals surface area (Å²) in [6.45, 7) is 3.33. The molecule has 5 heteroatoms. The number of hydrogen-bond donors (Lipinski definition) is 3. The van der Waals surface area contributed by atoms with Crippen molar-refractivity contribution in [3.63, 3.8) is 0 Å². The molecule has 0 unspecified atom stereocenters. The highest BCUT2D eigenvalue weighted by molar-refractivity contribution is 5.38. The third kappa shape index (κ3) is 3.84. The number of hydrogen-bond acceptors (Lipinski definition) is 5. The van der Waals surface area contributed by atoms with Gasteiger partial charge >= 0.3 is 0 Å². The highest BCUT2D eigenvalue weighted by Crippen LogP contribution is 2.30. The first-order chi connectivity index (χ1) is 8.78. The van der Waals surface area contributed by atoms with Crippen LogP contribution in [0.2, 0.25) is 0 Å². The van der Waals surface area contributed by atoms with E-state index in [1.165, 1.54) is 32.1 Å². The van der Waals surface area contributed by atoms with Gasteiger partial charge < -0.3 is 5.32 Å². The van der Waals surface area contributed by atoms with Crippen molar-refractivity contribution < 1.29 is 0 Å². The molecule has 0 radical (unpaired) electrons. The van der Waals surface area contributed by atoms with Gasteiger partial charge in [-0.25, -0.2) is 10.8 Å². The minimum absolute atomic E-state index is 0.450. The van der Waals surface area contributed by atoms with Gasteiger partial charge in [0.25, 0.3) is 0 Å². The molecule has 0 saturated heterocycles. The lowest BCUT2D eigenvalue weighted by Crippen LogP contribution is -2.16. The number of nitrogens with two attached hydrogens (primary N) is 1. The zero-order valence-corrected chi connectivity index (χ0v) is 11.0. The first kappa shape index (κ1) is 13.1. The van der Waals surface area contributed by atoms with Gasteiger partial charge in [0.1, 0.15) is 5.82 Å². The smallest absolute Gasteiger partial charge is 0.239 e. The molecule has 1 aliphatic rings. The predicted octanol–water partition coefficient (Wildman–Crippen LogP) is 2.39. The number of nitrogens with one attached hydrogen (secondary N) is 2. The minimum atomic E-state index is 0.450. The minimum Gasteiger partial charge on any atom is -0.370 e. The van der Waals surface area contributed by atoms with Crippen molar-refractivity contribution in [3.8, 4) is 0 Å². The third-order valence-electron chi connectivity index (χ3n) is 3.78. The van der Waals surface area contributed by atoms with Crippen molar-refractivity contribution in [1.82, 2.24) is 9.97 Å². The number of nitrogens with zero attached hydrogens (tertiary/aromatic N) is 2. The van der Waals surface area contributed by atoms with Crippen LogP contribution in [0.1, 0.15) is 39.0 Å². The Morgan fingerprint density at radius 3 is 2.83 bits per heavy atom. The Hall–Kier alpha value is -1.36. The van der Waals surface area contributed by atoms with Crippen molar-refractivity contribution in [2.75, 3.05) is 17.3 Å². The first-order valence-corrected chi connectivity index (χ1v) is 6.81. The van der Waals surface area contributed by atoms with E-state index in [-0.39, 0.29) is 0 Å². The number of rotatable bonds is 5. The number of anilines is 2. The van der Waals surface area contributed by atoms with Crippen molar-refractivity contribution in [2.45, 2.75) is 39.0 Å². The predicted molar refractivity (Wildman–Crippen MR) is 74.1 cm³/mol. The van der Waals surface area contributed by atoms with Crippen LogP contribution in [0, 0.1) is 11.8 Å². The summed E-state index contributed by atoms with van der Waals surface area (Å²) in [7, 11) is 0. The van der Waals surface area contributed by atoms with E-state index in [1.807, 2.05) is 6.07 Å². The third-order valence-corrected chi connectivity index (χ3v) is 3.78. The van der Waals surface area contributed by atoms with Crippen LogP contribution in [-0.4, -0.2) is 16.5 Å². The maximum absolute atomic E-state index is 5.27. The Balaban J connectivity index is 1.71. The largest absolute Gasteiger partial charge is 0.370 e. The zero-order chi connectivity index (χ0) is 12.8. The van der Waals surface area contributed by atoms with Crippen LogP contribution >= 0.6 is 0 Å². The fraction of sp³-hybridized carbons (Fsp3) is 0.692. The Kier molecular flexibility index (Phi) is 4.75. The summed E-state index contributed by atoms with van der Waals surface area (Å²) in [5.74, 6) is 8.36. The van der Waals surface area contributed by atoms with Gasteiger partial charge in [0, 0.05) is 12.7 Å². The lowest BCUT2D eigenvalue weighted by atomic mass is 9.81. The molecule has 0 atom stereocenters. The van der Waals surface area contributed by atoms with E-state index < -0.39 is 0 Å². The topological polar surface area (TPSA) is 75.9 Å². The molecular weight excluding hydrogens is 226 g/mol. The van der Waals surface area contributed by atoms with Gasteiger partial charge in [-0.2, -0.15) is 4.98 Å². The van der Waals surface area contributed by atoms with Crippen LogP contribution in [0.5, 0.6) is 0 Å². The van der Waals surface area contributed by atoms with Gasteiger partial charge in [0.2, 0.25) is 5.95 Å². The van der Waals surface area contributed by atoms with Crippen LogP contribution in [-0.2, 0) is 0 Å². The van der Waals surface area contributed by atoms with Gasteiger partial charge in [-0.3, -0.25) is 5.43 Å². The molecule has 1 aliphatic carbocycles. The molecule has 1 heterocycles. The standard InChI is InChI=1S/C13H23N5/c1-10-2-4-11(5-3-10)6-8-15-12-7-9-16-13(17-12)18-14/h7,9-11H,2-6,8,14H2,1H3,(H2,15,16,17,18). The van der Waals surface area contributed by atoms with E-state index in [0.717, 1.165) is 24.2 Å². The fourth-order valence-electron chi connectivity index (χ4n) is 2.55. The van der Waals surface area contributed by atoms with Crippen LogP contribution in [0.4, 0.5) is 11.8 Å². The van der Waals surface area contributed by atoms with Gasteiger partial charge in [-0.15, -0.1) is 0 Å². The van der Waals surface area contributed by atoms with Crippen molar-refractivity contribution in [2.24, 2.45) is 17.7 Å². The second kappa shape index (κ2) is 6.54. The molecule has 0 bridgehead atoms. The molecule has 4 N–H and O–H groups in total. The van der Waals surface area contributed by atoms with Gasteiger partial charge in [-0.05, 0) is 24.3 Å². The van der Waals surface area contributed by atoms with E-state index in [0.29, 0.717) is 5.95 Å². The molecular formula is C13H23N5. The summed E-state index contributed by atoms with van der Waals surface area (Å²) in [5.41, 5.74) is 2.45. The lowest BCUT2D eigenvalue weighted by Gasteiger charge is -2.26. The highest BCUT2D eigenvalue weighted by atomic mass is 15.3. The molecule has 0 spiro atoms. The molecule has 18 heavy (non-hydrogen) atoms. The van der Waals surface area contributed by atoms with Crippen molar-refractivity contribution >= 4 is 11.8 Å². The normalized spacial score (nSPS) is 23.7. The molecule has 0 aromatic carbocycles. The monoisotopic (exact) mass is 249 g/mol.